The molecule has 0 saturated carbocycles. The number of halogens is 1. The molecule has 2 N–H and O–H groups in total. The zero-order valence-corrected chi connectivity index (χ0v) is 18.4. The normalized spacial score (nSPS) is 15.8. The summed E-state index contributed by atoms with van der Waals surface area (Å²) in [4.78, 5) is 24.9. The number of methoxy groups -OCH3 is 2. The van der Waals surface area contributed by atoms with Gasteiger partial charge in [0.05, 0.1) is 42.2 Å². The number of allylic oxidation sites excluding steroid dienone is 1. The average molecular weight is 453 g/mol. The van der Waals surface area contributed by atoms with E-state index in [9.17, 15) is 9.59 Å². The molecule has 8 nitrogen and oxygen atoms in total. The Hall–Kier alpha value is -3.78. The number of urea groups is 1. The molecule has 1 aromatic heterocycles. The van der Waals surface area contributed by atoms with E-state index in [1.807, 2.05) is 36.4 Å². The van der Waals surface area contributed by atoms with Crippen molar-refractivity contribution in [1.29, 1.82) is 0 Å². The predicted octanol–water partition coefficient (Wildman–Crippen LogP) is 4.00. The first-order valence-electron chi connectivity index (χ1n) is 9.78. The Morgan fingerprint density at radius 1 is 1.16 bits per heavy atom. The van der Waals surface area contributed by atoms with E-state index in [4.69, 9.17) is 26.2 Å². The Kier molecular flexibility index (Phi) is 5.87. The predicted molar refractivity (Wildman–Crippen MR) is 120 cm³/mol. The lowest BCUT2D eigenvalue weighted by Crippen LogP contribution is -2.45. The van der Waals surface area contributed by atoms with Crippen LogP contribution in [0.3, 0.4) is 0 Å². The number of nitrogens with one attached hydrogen (secondary N) is 2. The van der Waals surface area contributed by atoms with Crippen LogP contribution < -0.4 is 15.4 Å². The summed E-state index contributed by atoms with van der Waals surface area (Å²) in [6.45, 7) is 1.66. The molecule has 0 aliphatic carbocycles. The van der Waals surface area contributed by atoms with Crippen LogP contribution in [0.4, 0.5) is 4.79 Å². The monoisotopic (exact) mass is 452 g/mol. The van der Waals surface area contributed by atoms with Gasteiger partial charge in [-0.3, -0.25) is 0 Å². The van der Waals surface area contributed by atoms with Crippen LogP contribution in [0.1, 0.15) is 18.5 Å². The van der Waals surface area contributed by atoms with Gasteiger partial charge >= 0.3 is 12.0 Å². The highest BCUT2D eigenvalue weighted by molar-refractivity contribution is 6.32. The van der Waals surface area contributed by atoms with Crippen molar-refractivity contribution >= 4 is 23.6 Å². The number of carbonyl (C=O) groups excluding carboxylic acids is 2. The molecule has 2 amide bonds. The lowest BCUT2D eigenvalue weighted by Gasteiger charge is -2.27. The van der Waals surface area contributed by atoms with Crippen molar-refractivity contribution in [1.82, 2.24) is 20.4 Å². The third-order valence-electron chi connectivity index (χ3n) is 5.17. The number of carbonyl (C=O) groups is 2. The molecule has 3 aromatic rings. The van der Waals surface area contributed by atoms with Crippen molar-refractivity contribution in [3.05, 3.63) is 76.6 Å². The van der Waals surface area contributed by atoms with Gasteiger partial charge in [0.15, 0.2) is 0 Å². The first-order chi connectivity index (χ1) is 15.4. The van der Waals surface area contributed by atoms with Gasteiger partial charge in [0.1, 0.15) is 5.75 Å². The molecule has 1 aliphatic heterocycles. The fourth-order valence-corrected chi connectivity index (χ4v) is 3.91. The molecule has 0 saturated heterocycles. The van der Waals surface area contributed by atoms with E-state index in [0.29, 0.717) is 38.9 Å². The molecule has 0 bridgehead atoms. The van der Waals surface area contributed by atoms with Crippen LogP contribution in [0.25, 0.3) is 16.9 Å². The first kappa shape index (κ1) is 21.5. The smallest absolute Gasteiger partial charge is 0.337 e. The number of para-hydroxylation sites is 1. The summed E-state index contributed by atoms with van der Waals surface area (Å²) >= 11 is 6.37. The van der Waals surface area contributed by atoms with E-state index in [-0.39, 0.29) is 0 Å². The zero-order chi connectivity index (χ0) is 22.8. The number of amides is 2. The number of ether oxygens (including phenoxy) is 2. The highest BCUT2D eigenvalue weighted by atomic mass is 35.5. The molecule has 0 radical (unpaired) electrons. The number of nitrogens with zero attached hydrogens (tertiary/aromatic N) is 2. The lowest BCUT2D eigenvalue weighted by atomic mass is 9.94. The Morgan fingerprint density at radius 3 is 2.56 bits per heavy atom. The molecule has 4 rings (SSSR count). The maximum Gasteiger partial charge on any atom is 0.337 e. The lowest BCUT2D eigenvalue weighted by molar-refractivity contribution is -0.136. The van der Waals surface area contributed by atoms with E-state index < -0.39 is 18.0 Å². The summed E-state index contributed by atoms with van der Waals surface area (Å²) in [5, 5.41) is 10.6. The number of esters is 1. The minimum Gasteiger partial charge on any atom is -0.495 e. The topological polar surface area (TPSA) is 94.5 Å². The van der Waals surface area contributed by atoms with Gasteiger partial charge in [-0.1, -0.05) is 29.8 Å². The summed E-state index contributed by atoms with van der Waals surface area (Å²) in [6.07, 6.45) is 1.79. The minimum absolute atomic E-state index is 0.292. The van der Waals surface area contributed by atoms with Crippen molar-refractivity contribution in [3.8, 4) is 22.7 Å². The van der Waals surface area contributed by atoms with Gasteiger partial charge < -0.3 is 20.1 Å². The second kappa shape index (κ2) is 8.76. The second-order valence-electron chi connectivity index (χ2n) is 7.12. The van der Waals surface area contributed by atoms with Gasteiger partial charge in [0, 0.05) is 23.0 Å². The Balaban J connectivity index is 1.93. The van der Waals surface area contributed by atoms with Gasteiger partial charge in [-0.05, 0) is 37.3 Å². The number of hydrogen-bond donors (Lipinski definition) is 2. The first-order valence-corrected chi connectivity index (χ1v) is 10.2. The third-order valence-corrected chi connectivity index (χ3v) is 5.47. The molecule has 2 aromatic carbocycles. The van der Waals surface area contributed by atoms with Crippen molar-refractivity contribution in [2.45, 2.75) is 13.0 Å². The zero-order valence-electron chi connectivity index (χ0n) is 17.7. The largest absolute Gasteiger partial charge is 0.495 e. The van der Waals surface area contributed by atoms with Gasteiger partial charge in [0.25, 0.3) is 0 Å². The standard InChI is InChI=1S/C23H21ClN4O4/c1-13-19(22(29)32-3)21(26-23(30)25-13)16-12-28(15-7-5-4-6-8-15)27-20(16)14-9-10-18(31-2)17(24)11-14/h4-12,21H,1-3H3,(H2,25,26,30)/t21-/m0/s1. The van der Waals surface area contributed by atoms with E-state index in [0.717, 1.165) is 5.69 Å². The molecular formula is C23H21ClN4O4. The average Bonchev–Trinajstić information content (AvgIpc) is 3.24. The maximum absolute atomic E-state index is 12.6. The van der Waals surface area contributed by atoms with E-state index >= 15 is 0 Å². The minimum atomic E-state index is -0.774. The molecule has 0 fully saturated rings. The summed E-state index contributed by atoms with van der Waals surface area (Å²) in [6, 6.07) is 13.6. The number of aromatic nitrogens is 2. The Morgan fingerprint density at radius 2 is 1.91 bits per heavy atom. The third kappa shape index (κ3) is 3.92. The van der Waals surface area contributed by atoms with Gasteiger partial charge in [0.2, 0.25) is 0 Å². The molecular weight excluding hydrogens is 432 g/mol. The van der Waals surface area contributed by atoms with Gasteiger partial charge in [-0.25, -0.2) is 14.3 Å². The Bertz CT molecular complexity index is 1220. The highest BCUT2D eigenvalue weighted by Crippen LogP contribution is 2.37. The highest BCUT2D eigenvalue weighted by Gasteiger charge is 2.35. The van der Waals surface area contributed by atoms with Crippen LogP contribution >= 0.6 is 11.6 Å². The van der Waals surface area contributed by atoms with E-state index in [1.165, 1.54) is 14.2 Å². The Labute approximate surface area is 189 Å². The second-order valence-corrected chi connectivity index (χ2v) is 7.53. The maximum atomic E-state index is 12.6. The molecule has 164 valence electrons. The molecule has 0 unspecified atom stereocenters. The SMILES string of the molecule is COC(=O)C1=C(C)NC(=O)N[C@H]1c1cn(-c2ccccc2)nc1-c1ccc(OC)c(Cl)c1. The van der Waals surface area contributed by atoms with Crippen LogP contribution in [0, 0.1) is 0 Å². The van der Waals surface area contributed by atoms with Crippen LogP contribution in [0.2, 0.25) is 5.02 Å². The van der Waals surface area contributed by atoms with Crippen LogP contribution in [0.15, 0.2) is 66.0 Å². The fourth-order valence-electron chi connectivity index (χ4n) is 3.66. The van der Waals surface area contributed by atoms with E-state index in [1.54, 1.807) is 29.9 Å². The van der Waals surface area contributed by atoms with Crippen molar-refractivity contribution < 1.29 is 19.1 Å². The molecule has 1 atom stereocenters. The van der Waals surface area contributed by atoms with Crippen LogP contribution in [-0.4, -0.2) is 36.0 Å². The molecule has 32 heavy (non-hydrogen) atoms. The van der Waals surface area contributed by atoms with Crippen molar-refractivity contribution in [3.63, 3.8) is 0 Å². The number of hydrogen-bond acceptors (Lipinski definition) is 5. The quantitative estimate of drug-likeness (QED) is 0.570. The van der Waals surface area contributed by atoms with E-state index in [2.05, 4.69) is 10.6 Å². The molecule has 9 heteroatoms. The van der Waals surface area contributed by atoms with Crippen LogP contribution in [-0.2, 0) is 9.53 Å². The number of benzene rings is 2. The van der Waals surface area contributed by atoms with Gasteiger partial charge in [-0.15, -0.1) is 0 Å². The molecule has 1 aliphatic rings. The summed E-state index contributed by atoms with van der Waals surface area (Å²) < 4.78 is 11.9. The van der Waals surface area contributed by atoms with Crippen LogP contribution in [0.5, 0.6) is 5.75 Å². The van der Waals surface area contributed by atoms with Crippen molar-refractivity contribution in [2.75, 3.05) is 14.2 Å². The molecule has 0 spiro atoms. The fraction of sp³-hybridized carbons (Fsp3) is 0.174. The van der Waals surface area contributed by atoms with Crippen molar-refractivity contribution in [2.24, 2.45) is 0 Å². The van der Waals surface area contributed by atoms with Gasteiger partial charge in [-0.2, -0.15) is 5.10 Å². The number of rotatable bonds is 5. The summed E-state index contributed by atoms with van der Waals surface area (Å²) in [5.74, 6) is -0.0215. The molecule has 2 heterocycles. The summed E-state index contributed by atoms with van der Waals surface area (Å²) in [5.41, 5.74) is 3.40. The summed E-state index contributed by atoms with van der Waals surface area (Å²) in [7, 11) is 2.84.